The van der Waals surface area contributed by atoms with Gasteiger partial charge >= 0.3 is 0 Å². The highest BCUT2D eigenvalue weighted by Gasteiger charge is 2.31. The quantitative estimate of drug-likeness (QED) is 0.874. The van der Waals surface area contributed by atoms with Gasteiger partial charge in [0.05, 0.1) is 18.8 Å². The summed E-state index contributed by atoms with van der Waals surface area (Å²) in [5, 5.41) is 10.4. The molecule has 138 valence electrons. The summed E-state index contributed by atoms with van der Waals surface area (Å²) >= 11 is 0. The third-order valence-corrected chi connectivity index (χ3v) is 5.06. The van der Waals surface area contributed by atoms with Gasteiger partial charge in [-0.2, -0.15) is 5.10 Å². The number of aromatic nitrogens is 3. The topological polar surface area (TPSA) is 89.1 Å². The second-order valence-corrected chi connectivity index (χ2v) is 6.97. The number of hydrogen-bond donors (Lipinski definition) is 2. The van der Waals surface area contributed by atoms with E-state index in [-0.39, 0.29) is 18.1 Å². The van der Waals surface area contributed by atoms with Crippen LogP contribution in [0.15, 0.2) is 18.3 Å². The molecule has 2 aromatic heterocycles. The maximum Gasteiger partial charge on any atom is 0.272 e. The van der Waals surface area contributed by atoms with Crippen molar-refractivity contribution >= 4 is 5.91 Å². The molecule has 1 aliphatic carbocycles. The Morgan fingerprint density at radius 3 is 3.08 bits per heavy atom. The number of nitrogens with one attached hydrogen (secondary N) is 2. The number of H-pyrrole nitrogens is 1. The molecule has 0 aromatic carbocycles. The van der Waals surface area contributed by atoms with E-state index in [1.807, 2.05) is 19.1 Å². The molecule has 2 aliphatic rings. The molecule has 0 spiro atoms. The van der Waals surface area contributed by atoms with Gasteiger partial charge in [-0.25, -0.2) is 0 Å². The fourth-order valence-electron chi connectivity index (χ4n) is 3.60. The fourth-order valence-corrected chi connectivity index (χ4v) is 3.60. The summed E-state index contributed by atoms with van der Waals surface area (Å²) in [6.45, 7) is 2.98. The Bertz CT molecular complexity index is 772. The number of aromatic amines is 1. The lowest BCUT2D eigenvalue weighted by molar-refractivity contribution is -0.0137. The van der Waals surface area contributed by atoms with Crippen molar-refractivity contribution in [2.75, 3.05) is 13.2 Å². The molecular formula is C19H24N4O3. The molecule has 7 nitrogen and oxygen atoms in total. The van der Waals surface area contributed by atoms with Crippen molar-refractivity contribution in [3.8, 4) is 5.75 Å². The lowest BCUT2D eigenvalue weighted by Gasteiger charge is -2.32. The zero-order valence-electron chi connectivity index (χ0n) is 15.0. The Kier molecular flexibility index (Phi) is 4.88. The Balaban J connectivity index is 1.45. The molecule has 7 heteroatoms. The van der Waals surface area contributed by atoms with Gasteiger partial charge in [-0.05, 0) is 51.2 Å². The van der Waals surface area contributed by atoms with Crippen molar-refractivity contribution in [2.45, 2.75) is 51.2 Å². The van der Waals surface area contributed by atoms with Crippen LogP contribution in [0.2, 0.25) is 0 Å². The van der Waals surface area contributed by atoms with Crippen LogP contribution in [-0.4, -0.2) is 46.4 Å². The molecule has 0 unspecified atom stereocenters. The summed E-state index contributed by atoms with van der Waals surface area (Å²) in [5.41, 5.74) is 3.64. The molecule has 4 rings (SSSR count). The number of nitrogens with zero attached hydrogens (tertiary/aromatic N) is 2. The van der Waals surface area contributed by atoms with E-state index in [0.29, 0.717) is 31.1 Å². The van der Waals surface area contributed by atoms with Gasteiger partial charge in [0, 0.05) is 23.6 Å². The molecule has 1 fully saturated rings. The predicted octanol–water partition coefficient (Wildman–Crippen LogP) is 1.96. The van der Waals surface area contributed by atoms with Gasteiger partial charge in [0.1, 0.15) is 11.9 Å². The molecule has 0 bridgehead atoms. The number of carbonyl (C=O) groups excluding carboxylic acids is 1. The maximum absolute atomic E-state index is 12.8. The summed E-state index contributed by atoms with van der Waals surface area (Å²) in [5.74, 6) is 0.550. The van der Waals surface area contributed by atoms with Crippen molar-refractivity contribution < 1.29 is 14.3 Å². The van der Waals surface area contributed by atoms with Crippen LogP contribution < -0.4 is 10.1 Å². The minimum absolute atomic E-state index is 0.117. The number of fused-ring (bicyclic) bond motifs is 1. The molecule has 1 saturated heterocycles. The third-order valence-electron chi connectivity index (χ3n) is 5.06. The molecule has 0 saturated carbocycles. The van der Waals surface area contributed by atoms with Crippen LogP contribution in [0.4, 0.5) is 0 Å². The SMILES string of the molecule is Cc1ccc(O[C@@H]2COCC[C@@H]2NC(=O)c2n[nH]c3c2CCCC3)cn1. The van der Waals surface area contributed by atoms with Crippen molar-refractivity contribution in [1.82, 2.24) is 20.5 Å². The molecule has 1 aliphatic heterocycles. The highest BCUT2D eigenvalue weighted by Crippen LogP contribution is 2.23. The Morgan fingerprint density at radius 1 is 1.35 bits per heavy atom. The van der Waals surface area contributed by atoms with E-state index >= 15 is 0 Å². The lowest BCUT2D eigenvalue weighted by Crippen LogP contribution is -2.51. The zero-order chi connectivity index (χ0) is 17.9. The minimum atomic E-state index is -0.244. The van der Waals surface area contributed by atoms with Gasteiger partial charge in [-0.15, -0.1) is 0 Å². The summed E-state index contributed by atoms with van der Waals surface area (Å²) in [7, 11) is 0. The number of carbonyl (C=O) groups is 1. The zero-order valence-corrected chi connectivity index (χ0v) is 15.0. The average molecular weight is 356 g/mol. The fraction of sp³-hybridized carbons (Fsp3) is 0.526. The molecule has 2 aromatic rings. The first-order chi connectivity index (χ1) is 12.7. The Hall–Kier alpha value is -2.41. The number of rotatable bonds is 4. The van der Waals surface area contributed by atoms with Gasteiger partial charge in [-0.3, -0.25) is 14.9 Å². The average Bonchev–Trinajstić information content (AvgIpc) is 3.09. The monoisotopic (exact) mass is 356 g/mol. The largest absolute Gasteiger partial charge is 0.484 e. The molecule has 2 N–H and O–H groups in total. The van der Waals surface area contributed by atoms with Gasteiger partial charge in [0.2, 0.25) is 0 Å². The number of pyridine rings is 1. The van der Waals surface area contributed by atoms with Crippen molar-refractivity contribution in [3.05, 3.63) is 41.0 Å². The number of ether oxygens (including phenoxy) is 2. The normalized spacial score (nSPS) is 22.5. The lowest BCUT2D eigenvalue weighted by atomic mass is 9.95. The molecule has 3 heterocycles. The van der Waals surface area contributed by atoms with Gasteiger partial charge in [-0.1, -0.05) is 0 Å². The Morgan fingerprint density at radius 2 is 2.23 bits per heavy atom. The summed E-state index contributed by atoms with van der Waals surface area (Å²) in [6.07, 6.45) is 6.31. The molecule has 0 radical (unpaired) electrons. The number of hydrogen-bond acceptors (Lipinski definition) is 5. The first-order valence-corrected chi connectivity index (χ1v) is 9.25. The van der Waals surface area contributed by atoms with Crippen molar-refractivity contribution in [2.24, 2.45) is 0 Å². The Labute approximate surface area is 152 Å². The van der Waals surface area contributed by atoms with E-state index < -0.39 is 0 Å². The van der Waals surface area contributed by atoms with E-state index in [1.165, 1.54) is 0 Å². The van der Waals surface area contributed by atoms with Crippen LogP contribution >= 0.6 is 0 Å². The van der Waals surface area contributed by atoms with E-state index in [4.69, 9.17) is 9.47 Å². The highest BCUT2D eigenvalue weighted by atomic mass is 16.5. The van der Waals surface area contributed by atoms with E-state index in [1.54, 1.807) is 6.20 Å². The number of aryl methyl sites for hydroxylation is 2. The van der Waals surface area contributed by atoms with E-state index in [2.05, 4.69) is 20.5 Å². The smallest absolute Gasteiger partial charge is 0.272 e. The highest BCUT2D eigenvalue weighted by molar-refractivity contribution is 5.94. The predicted molar refractivity (Wildman–Crippen MR) is 95.3 cm³/mol. The van der Waals surface area contributed by atoms with Crippen molar-refractivity contribution in [3.63, 3.8) is 0 Å². The number of amides is 1. The first-order valence-electron chi connectivity index (χ1n) is 9.25. The van der Waals surface area contributed by atoms with Gasteiger partial charge < -0.3 is 14.8 Å². The second-order valence-electron chi connectivity index (χ2n) is 6.97. The van der Waals surface area contributed by atoms with Crippen LogP contribution in [-0.2, 0) is 17.6 Å². The van der Waals surface area contributed by atoms with Crippen LogP contribution in [0.1, 0.15) is 46.7 Å². The minimum Gasteiger partial charge on any atom is -0.484 e. The third kappa shape index (κ3) is 3.58. The molecule has 26 heavy (non-hydrogen) atoms. The summed E-state index contributed by atoms with van der Waals surface area (Å²) in [4.78, 5) is 17.0. The van der Waals surface area contributed by atoms with E-state index in [0.717, 1.165) is 42.6 Å². The first kappa shape index (κ1) is 17.0. The van der Waals surface area contributed by atoms with Crippen LogP contribution in [0.25, 0.3) is 0 Å². The van der Waals surface area contributed by atoms with Gasteiger partial charge in [0.15, 0.2) is 5.69 Å². The molecular weight excluding hydrogens is 332 g/mol. The van der Waals surface area contributed by atoms with Crippen LogP contribution in [0.5, 0.6) is 5.75 Å². The molecule has 2 atom stereocenters. The molecule has 1 amide bonds. The summed E-state index contributed by atoms with van der Waals surface area (Å²) in [6, 6.07) is 3.68. The second kappa shape index (κ2) is 7.45. The standard InChI is InChI=1S/C19H24N4O3/c1-12-6-7-13(10-20-12)26-17-11-25-9-8-16(17)21-19(24)18-14-4-2-3-5-15(14)22-23-18/h6-7,10,16-17H,2-5,8-9,11H2,1H3,(H,21,24)(H,22,23)/t16-,17+/m0/s1. The van der Waals surface area contributed by atoms with Gasteiger partial charge in [0.25, 0.3) is 5.91 Å². The van der Waals surface area contributed by atoms with Crippen LogP contribution in [0, 0.1) is 6.92 Å². The summed E-state index contributed by atoms with van der Waals surface area (Å²) < 4.78 is 11.6. The van der Waals surface area contributed by atoms with E-state index in [9.17, 15) is 4.79 Å². The van der Waals surface area contributed by atoms with Crippen LogP contribution in [0.3, 0.4) is 0 Å². The van der Waals surface area contributed by atoms with Crippen molar-refractivity contribution in [1.29, 1.82) is 0 Å². The maximum atomic E-state index is 12.8.